The van der Waals surface area contributed by atoms with Gasteiger partial charge >= 0.3 is 6.09 Å². The topological polar surface area (TPSA) is 69.6 Å². The SMILES string of the molecule is O=C(N[C@@H]1Cc2c3n(c4cccc(OCc5ccccc5)c24)C(=O)C[C@H]2CCC[C@@H]1[C@@H]32)OCc1ccccc1. The van der Waals surface area contributed by atoms with E-state index in [1.807, 2.05) is 71.3 Å². The van der Waals surface area contributed by atoms with Crippen molar-refractivity contribution < 1.29 is 19.1 Å². The number of hydrogen-bond donors (Lipinski definition) is 1. The molecule has 198 valence electrons. The van der Waals surface area contributed by atoms with Crippen LogP contribution in [0, 0.1) is 11.8 Å². The minimum atomic E-state index is -0.384. The van der Waals surface area contributed by atoms with Crippen LogP contribution in [0.4, 0.5) is 4.79 Å². The van der Waals surface area contributed by atoms with E-state index in [1.165, 1.54) is 0 Å². The number of hydrogen-bond acceptors (Lipinski definition) is 4. The number of benzene rings is 3. The Kier molecular flexibility index (Phi) is 6.11. The summed E-state index contributed by atoms with van der Waals surface area (Å²) in [6.45, 7) is 0.697. The maximum Gasteiger partial charge on any atom is 0.407 e. The van der Waals surface area contributed by atoms with Crippen LogP contribution < -0.4 is 10.1 Å². The first-order valence-electron chi connectivity index (χ1n) is 14.0. The molecular formula is C33H32N2O4. The van der Waals surface area contributed by atoms with Crippen LogP contribution in [0.3, 0.4) is 0 Å². The van der Waals surface area contributed by atoms with E-state index in [0.29, 0.717) is 25.4 Å². The lowest BCUT2D eigenvalue weighted by molar-refractivity contribution is 0.0713. The Morgan fingerprint density at radius 3 is 2.38 bits per heavy atom. The minimum Gasteiger partial charge on any atom is -0.488 e. The number of carbonyl (C=O) groups excluding carboxylic acids is 2. The monoisotopic (exact) mass is 520 g/mol. The molecule has 7 rings (SSSR count). The summed E-state index contributed by atoms with van der Waals surface area (Å²) in [6.07, 6.45) is 4.00. The second-order valence-corrected chi connectivity index (χ2v) is 11.1. The lowest BCUT2D eigenvalue weighted by Gasteiger charge is -2.48. The number of nitrogens with one attached hydrogen (secondary N) is 1. The molecule has 1 fully saturated rings. The highest BCUT2D eigenvalue weighted by atomic mass is 16.5. The predicted molar refractivity (Wildman–Crippen MR) is 149 cm³/mol. The second-order valence-electron chi connectivity index (χ2n) is 11.1. The van der Waals surface area contributed by atoms with Crippen molar-refractivity contribution in [2.75, 3.05) is 0 Å². The van der Waals surface area contributed by atoms with Crippen molar-refractivity contribution in [2.45, 2.75) is 57.3 Å². The van der Waals surface area contributed by atoms with Crippen molar-refractivity contribution in [2.24, 2.45) is 11.8 Å². The smallest absolute Gasteiger partial charge is 0.407 e. The molecule has 1 N–H and O–H groups in total. The Labute approximate surface area is 227 Å². The Balaban J connectivity index is 1.24. The van der Waals surface area contributed by atoms with Gasteiger partial charge < -0.3 is 14.8 Å². The van der Waals surface area contributed by atoms with Crippen molar-refractivity contribution in [3.63, 3.8) is 0 Å². The average Bonchev–Trinajstić information content (AvgIpc) is 3.32. The zero-order valence-corrected chi connectivity index (χ0v) is 21.8. The second kappa shape index (κ2) is 9.92. The van der Waals surface area contributed by atoms with E-state index in [-0.39, 0.29) is 36.5 Å². The molecule has 6 heteroatoms. The largest absolute Gasteiger partial charge is 0.488 e. The molecule has 1 aliphatic heterocycles. The lowest BCUT2D eigenvalue weighted by Crippen LogP contribution is -2.51. The minimum absolute atomic E-state index is 0.0528. The summed E-state index contributed by atoms with van der Waals surface area (Å²) in [7, 11) is 0. The molecule has 0 spiro atoms. The fourth-order valence-electron chi connectivity index (χ4n) is 7.28. The van der Waals surface area contributed by atoms with Crippen LogP contribution in [0.5, 0.6) is 5.75 Å². The van der Waals surface area contributed by atoms with Crippen LogP contribution in [-0.4, -0.2) is 22.6 Å². The lowest BCUT2D eigenvalue weighted by atomic mass is 9.61. The van der Waals surface area contributed by atoms with Gasteiger partial charge in [0.05, 0.1) is 5.52 Å². The molecule has 2 heterocycles. The van der Waals surface area contributed by atoms with Crippen LogP contribution in [0.2, 0.25) is 0 Å². The summed E-state index contributed by atoms with van der Waals surface area (Å²) in [4.78, 5) is 26.5. The van der Waals surface area contributed by atoms with Gasteiger partial charge in [-0.3, -0.25) is 9.36 Å². The van der Waals surface area contributed by atoms with Gasteiger partial charge in [-0.25, -0.2) is 4.79 Å². The number of rotatable bonds is 6. The predicted octanol–water partition coefficient (Wildman–Crippen LogP) is 6.62. The van der Waals surface area contributed by atoms with Crippen molar-refractivity contribution in [1.29, 1.82) is 0 Å². The summed E-state index contributed by atoms with van der Waals surface area (Å²) in [5.41, 5.74) is 5.28. The van der Waals surface area contributed by atoms with E-state index in [2.05, 4.69) is 17.4 Å². The highest BCUT2D eigenvalue weighted by Gasteiger charge is 2.50. The molecule has 39 heavy (non-hydrogen) atoms. The van der Waals surface area contributed by atoms with Crippen LogP contribution in [0.15, 0.2) is 78.9 Å². The molecule has 2 aliphatic carbocycles. The van der Waals surface area contributed by atoms with Crippen molar-refractivity contribution in [1.82, 2.24) is 9.88 Å². The standard InChI is InChI=1S/C33H32N2O4/c36-29-17-23-13-7-14-24-26(34-33(37)39-20-22-11-5-2-6-12-22)18-25-31-27(35(29)32(25)30(23)24)15-8-16-28(31)38-19-21-9-3-1-4-10-21/h1-6,8-12,15-16,23-24,26,30H,7,13-14,17-20H2,(H,34,37)/t23-,24+,26-,30+/m1/s1. The molecule has 0 unspecified atom stereocenters. The summed E-state index contributed by atoms with van der Waals surface area (Å²) in [5.74, 6) is 1.80. The fraction of sp³-hybridized carbons (Fsp3) is 0.333. The third-order valence-corrected chi connectivity index (χ3v) is 8.87. The summed E-state index contributed by atoms with van der Waals surface area (Å²) < 4.78 is 14.0. The van der Waals surface area contributed by atoms with Crippen molar-refractivity contribution in [3.8, 4) is 5.75 Å². The highest BCUT2D eigenvalue weighted by Crippen LogP contribution is 2.55. The first kappa shape index (κ1) is 24.0. The maximum absolute atomic E-state index is 13.5. The number of alkyl carbamates (subject to hydrolysis) is 1. The molecule has 3 aliphatic rings. The summed E-state index contributed by atoms with van der Waals surface area (Å²) in [6, 6.07) is 25.8. The van der Waals surface area contributed by atoms with Crippen LogP contribution >= 0.6 is 0 Å². The van der Waals surface area contributed by atoms with Crippen LogP contribution in [0.25, 0.3) is 10.9 Å². The van der Waals surface area contributed by atoms with E-state index < -0.39 is 0 Å². The summed E-state index contributed by atoms with van der Waals surface area (Å²) in [5, 5.41) is 4.25. The van der Waals surface area contributed by atoms with Gasteiger partial charge in [0.2, 0.25) is 5.91 Å². The third-order valence-electron chi connectivity index (χ3n) is 8.87. The van der Waals surface area contributed by atoms with Gasteiger partial charge in [-0.2, -0.15) is 0 Å². The molecule has 0 radical (unpaired) electrons. The average molecular weight is 521 g/mol. The van der Waals surface area contributed by atoms with Crippen molar-refractivity contribution >= 4 is 22.9 Å². The molecule has 1 saturated carbocycles. The van der Waals surface area contributed by atoms with E-state index in [0.717, 1.165) is 58.3 Å². The Bertz CT molecular complexity index is 1530. The number of amides is 1. The van der Waals surface area contributed by atoms with E-state index in [1.54, 1.807) is 0 Å². The molecule has 4 aromatic rings. The van der Waals surface area contributed by atoms with Crippen LogP contribution in [0.1, 0.15) is 58.8 Å². The van der Waals surface area contributed by atoms with Gasteiger partial charge in [-0.05, 0) is 59.9 Å². The van der Waals surface area contributed by atoms with Crippen molar-refractivity contribution in [3.05, 3.63) is 101 Å². The van der Waals surface area contributed by atoms with Gasteiger partial charge in [-0.1, -0.05) is 73.2 Å². The Morgan fingerprint density at radius 2 is 1.62 bits per heavy atom. The van der Waals surface area contributed by atoms with Gasteiger partial charge in [-0.15, -0.1) is 0 Å². The molecule has 6 nitrogen and oxygen atoms in total. The quantitative estimate of drug-likeness (QED) is 0.310. The number of aromatic nitrogens is 1. The fourth-order valence-corrected chi connectivity index (χ4v) is 7.28. The summed E-state index contributed by atoms with van der Waals surface area (Å²) >= 11 is 0. The normalized spacial score (nSPS) is 23.2. The first-order valence-corrected chi connectivity index (χ1v) is 14.0. The number of nitrogens with zero attached hydrogens (tertiary/aromatic N) is 1. The zero-order valence-electron chi connectivity index (χ0n) is 21.8. The van der Waals surface area contributed by atoms with Gasteiger partial charge in [0.1, 0.15) is 19.0 Å². The van der Waals surface area contributed by atoms with Gasteiger partial charge in [0, 0.05) is 29.5 Å². The maximum atomic E-state index is 13.5. The van der Waals surface area contributed by atoms with E-state index in [4.69, 9.17) is 9.47 Å². The zero-order chi connectivity index (χ0) is 26.3. The van der Waals surface area contributed by atoms with Crippen LogP contribution in [-0.2, 0) is 24.4 Å². The molecule has 1 amide bonds. The van der Waals surface area contributed by atoms with Gasteiger partial charge in [0.25, 0.3) is 0 Å². The first-order chi connectivity index (χ1) is 19.2. The number of ether oxygens (including phenoxy) is 2. The van der Waals surface area contributed by atoms with E-state index in [9.17, 15) is 9.59 Å². The number of fused-ring (bicyclic) bond motifs is 3. The Morgan fingerprint density at radius 1 is 0.872 bits per heavy atom. The highest BCUT2D eigenvalue weighted by molar-refractivity contribution is 6.00. The van der Waals surface area contributed by atoms with E-state index >= 15 is 0 Å². The molecule has 4 atom stereocenters. The molecule has 3 aromatic carbocycles. The molecular weight excluding hydrogens is 488 g/mol. The molecule has 1 aromatic heterocycles. The Hall–Kier alpha value is -4.06. The van der Waals surface area contributed by atoms with Gasteiger partial charge in [0.15, 0.2) is 0 Å². The molecule has 0 bridgehead atoms. The third kappa shape index (κ3) is 4.28. The number of carbonyl (C=O) groups is 2. The molecule has 0 saturated heterocycles.